The molecule has 2 fully saturated rings. The number of hydrogen-bond donors (Lipinski definition) is 0. The average molecular weight is 410 g/mol. The standard InChI is InChI=1S/C23H31N5O2/c1-22(2,3)30-21(29)26-12-8-23(9-13-26)15-27(16-23)20-7-4-17-14-18(5-6-19(17)20)28-24-10-11-25-28/h5-6,10-11,14,20H,4,7-9,12-13,15-16H2,1-3H3/t20-/m1/s1. The predicted molar refractivity (Wildman–Crippen MR) is 113 cm³/mol. The topological polar surface area (TPSA) is 63.5 Å². The molecule has 1 atom stereocenters. The van der Waals surface area contributed by atoms with Crippen LogP contribution in [0.2, 0.25) is 0 Å². The number of carbonyl (C=O) groups excluding carboxylic acids is 1. The molecule has 1 aromatic heterocycles. The van der Waals surface area contributed by atoms with Gasteiger partial charge in [0.05, 0.1) is 18.1 Å². The van der Waals surface area contributed by atoms with E-state index >= 15 is 0 Å². The molecule has 0 radical (unpaired) electrons. The van der Waals surface area contributed by atoms with Gasteiger partial charge in [0.2, 0.25) is 0 Å². The normalized spacial score (nSPS) is 23.3. The zero-order valence-electron chi connectivity index (χ0n) is 18.2. The summed E-state index contributed by atoms with van der Waals surface area (Å²) in [6, 6.07) is 7.16. The molecule has 2 aliphatic heterocycles. The van der Waals surface area contributed by atoms with E-state index in [-0.39, 0.29) is 6.09 Å². The summed E-state index contributed by atoms with van der Waals surface area (Å²) >= 11 is 0. The van der Waals surface area contributed by atoms with Gasteiger partial charge in [0.1, 0.15) is 5.60 Å². The van der Waals surface area contributed by atoms with Gasteiger partial charge in [0.25, 0.3) is 0 Å². The van der Waals surface area contributed by atoms with Crippen molar-refractivity contribution in [2.45, 2.75) is 58.1 Å². The van der Waals surface area contributed by atoms with Crippen molar-refractivity contribution in [3.8, 4) is 5.69 Å². The lowest BCUT2D eigenvalue weighted by atomic mass is 9.71. The van der Waals surface area contributed by atoms with Gasteiger partial charge >= 0.3 is 6.09 Å². The Morgan fingerprint density at radius 2 is 1.83 bits per heavy atom. The lowest BCUT2D eigenvalue weighted by molar-refractivity contribution is -0.0716. The molecule has 0 saturated carbocycles. The number of piperidine rings is 1. The Morgan fingerprint density at radius 1 is 1.13 bits per heavy atom. The Kier molecular flexibility index (Phi) is 4.61. The van der Waals surface area contributed by atoms with Gasteiger partial charge in [-0.05, 0) is 75.1 Å². The van der Waals surface area contributed by atoms with Crippen LogP contribution in [-0.4, -0.2) is 62.7 Å². The smallest absolute Gasteiger partial charge is 0.410 e. The van der Waals surface area contributed by atoms with E-state index in [1.54, 1.807) is 17.2 Å². The molecule has 30 heavy (non-hydrogen) atoms. The summed E-state index contributed by atoms with van der Waals surface area (Å²) < 4.78 is 5.54. The second-order valence-corrected chi connectivity index (χ2v) is 10.1. The Labute approximate surface area is 178 Å². The molecule has 1 amide bonds. The molecule has 2 saturated heterocycles. The number of hydrogen-bond acceptors (Lipinski definition) is 5. The Morgan fingerprint density at radius 3 is 2.50 bits per heavy atom. The third-order valence-electron chi connectivity index (χ3n) is 6.82. The van der Waals surface area contributed by atoms with E-state index in [4.69, 9.17) is 4.74 Å². The van der Waals surface area contributed by atoms with E-state index in [9.17, 15) is 4.79 Å². The zero-order valence-corrected chi connectivity index (χ0v) is 18.2. The van der Waals surface area contributed by atoms with E-state index in [2.05, 4.69) is 33.3 Å². The minimum Gasteiger partial charge on any atom is -0.444 e. The van der Waals surface area contributed by atoms with Crippen molar-refractivity contribution in [1.29, 1.82) is 0 Å². The molecular formula is C23H31N5O2. The minimum absolute atomic E-state index is 0.166. The van der Waals surface area contributed by atoms with E-state index in [1.807, 2.05) is 25.7 Å². The molecule has 5 rings (SSSR count). The first-order valence-corrected chi connectivity index (χ1v) is 11.0. The summed E-state index contributed by atoms with van der Waals surface area (Å²) in [5.74, 6) is 0. The maximum atomic E-state index is 12.3. The van der Waals surface area contributed by atoms with E-state index < -0.39 is 5.60 Å². The third-order valence-corrected chi connectivity index (χ3v) is 6.82. The van der Waals surface area contributed by atoms with E-state index in [0.717, 1.165) is 51.1 Å². The van der Waals surface area contributed by atoms with Crippen molar-refractivity contribution in [2.24, 2.45) is 5.41 Å². The van der Waals surface area contributed by atoms with Gasteiger partial charge in [0.15, 0.2) is 0 Å². The third kappa shape index (κ3) is 3.60. The predicted octanol–water partition coefficient (Wildman–Crippen LogP) is 3.59. The molecule has 3 heterocycles. The summed E-state index contributed by atoms with van der Waals surface area (Å²) in [6.07, 6.45) is 7.71. The van der Waals surface area contributed by atoms with Crippen molar-refractivity contribution < 1.29 is 9.53 Å². The fourth-order valence-electron chi connectivity index (χ4n) is 5.28. The Bertz CT molecular complexity index is 918. The minimum atomic E-state index is -0.428. The van der Waals surface area contributed by atoms with Crippen molar-refractivity contribution in [3.63, 3.8) is 0 Å². The SMILES string of the molecule is CC(C)(C)OC(=O)N1CCC2(CC1)CN([C@@H]1CCc3cc(-n4nccn4)ccc31)C2. The average Bonchev–Trinajstić information content (AvgIpc) is 3.34. The number of benzene rings is 1. The number of fused-ring (bicyclic) bond motifs is 1. The molecular weight excluding hydrogens is 378 g/mol. The molecule has 1 aliphatic carbocycles. The molecule has 160 valence electrons. The number of aromatic nitrogens is 3. The lowest BCUT2D eigenvalue weighted by Gasteiger charge is -2.56. The van der Waals surface area contributed by atoms with Crippen molar-refractivity contribution >= 4 is 6.09 Å². The number of likely N-dealkylation sites (tertiary alicyclic amines) is 2. The monoisotopic (exact) mass is 409 g/mol. The van der Waals surface area contributed by atoms with Gasteiger partial charge in [-0.2, -0.15) is 15.0 Å². The highest BCUT2D eigenvalue weighted by Crippen LogP contribution is 2.47. The van der Waals surface area contributed by atoms with Crippen molar-refractivity contribution in [1.82, 2.24) is 24.8 Å². The molecule has 1 aromatic carbocycles. The van der Waals surface area contributed by atoms with Gasteiger partial charge in [-0.3, -0.25) is 4.90 Å². The van der Waals surface area contributed by atoms with Gasteiger partial charge in [-0.25, -0.2) is 4.79 Å². The van der Waals surface area contributed by atoms with Crippen molar-refractivity contribution in [2.75, 3.05) is 26.2 Å². The summed E-state index contributed by atoms with van der Waals surface area (Å²) in [5.41, 5.74) is 3.87. The molecule has 3 aliphatic rings. The van der Waals surface area contributed by atoms with Gasteiger partial charge in [-0.1, -0.05) is 6.07 Å². The Balaban J connectivity index is 1.18. The van der Waals surface area contributed by atoms with Crippen LogP contribution in [0.4, 0.5) is 4.79 Å². The summed E-state index contributed by atoms with van der Waals surface area (Å²) in [6.45, 7) is 9.67. The molecule has 0 unspecified atom stereocenters. The largest absolute Gasteiger partial charge is 0.444 e. The first kappa shape index (κ1) is 19.5. The number of amides is 1. The van der Waals surface area contributed by atoms with Crippen LogP contribution in [0.15, 0.2) is 30.6 Å². The number of carbonyl (C=O) groups is 1. The molecule has 1 spiro atoms. The maximum Gasteiger partial charge on any atom is 0.410 e. The van der Waals surface area contributed by atoms with Crippen LogP contribution in [0.5, 0.6) is 0 Å². The highest BCUT2D eigenvalue weighted by molar-refractivity contribution is 5.68. The molecule has 2 aromatic rings. The number of aryl methyl sites for hydroxylation is 1. The van der Waals surface area contributed by atoms with Crippen LogP contribution in [0.25, 0.3) is 5.69 Å². The first-order valence-electron chi connectivity index (χ1n) is 11.0. The second kappa shape index (κ2) is 7.08. The zero-order chi connectivity index (χ0) is 20.9. The summed E-state index contributed by atoms with van der Waals surface area (Å²) in [4.78, 5) is 18.5. The van der Waals surface area contributed by atoms with E-state index in [1.165, 1.54) is 17.5 Å². The fraction of sp³-hybridized carbons (Fsp3) is 0.609. The van der Waals surface area contributed by atoms with Crippen molar-refractivity contribution in [3.05, 3.63) is 41.7 Å². The summed E-state index contributed by atoms with van der Waals surface area (Å²) in [5, 5.41) is 8.49. The number of ether oxygens (including phenoxy) is 1. The van der Waals surface area contributed by atoms with Crippen LogP contribution in [0.3, 0.4) is 0 Å². The lowest BCUT2D eigenvalue weighted by Crippen LogP contribution is -2.61. The summed E-state index contributed by atoms with van der Waals surface area (Å²) in [7, 11) is 0. The quantitative estimate of drug-likeness (QED) is 0.759. The molecule has 7 heteroatoms. The van der Waals surface area contributed by atoms with Gasteiger partial charge in [0, 0.05) is 32.2 Å². The maximum absolute atomic E-state index is 12.3. The molecule has 7 nitrogen and oxygen atoms in total. The van der Waals surface area contributed by atoms with Crippen LogP contribution in [0, 0.1) is 5.41 Å². The van der Waals surface area contributed by atoms with E-state index in [0.29, 0.717) is 11.5 Å². The fourth-order valence-corrected chi connectivity index (χ4v) is 5.28. The number of nitrogens with zero attached hydrogens (tertiary/aromatic N) is 5. The van der Waals surface area contributed by atoms with Crippen LogP contribution in [-0.2, 0) is 11.2 Å². The van der Waals surface area contributed by atoms with Gasteiger partial charge in [-0.15, -0.1) is 0 Å². The molecule has 0 N–H and O–H groups in total. The van der Waals surface area contributed by atoms with Gasteiger partial charge < -0.3 is 9.64 Å². The molecule has 0 bridgehead atoms. The second-order valence-electron chi connectivity index (χ2n) is 10.1. The number of rotatable bonds is 2. The first-order chi connectivity index (χ1) is 14.3. The Hall–Kier alpha value is -2.41. The van der Waals surface area contributed by atoms with Crippen LogP contribution >= 0.6 is 0 Å². The highest BCUT2D eigenvalue weighted by atomic mass is 16.6. The van der Waals surface area contributed by atoms with Crippen LogP contribution in [0.1, 0.15) is 57.2 Å². The van der Waals surface area contributed by atoms with Crippen LogP contribution < -0.4 is 0 Å². The highest BCUT2D eigenvalue weighted by Gasteiger charge is 2.48.